The minimum Gasteiger partial charge on any atom is -0.495 e. The number of hydrogen-bond acceptors (Lipinski definition) is 2. The summed E-state index contributed by atoms with van der Waals surface area (Å²) < 4.78 is 5.31. The van der Waals surface area contributed by atoms with Crippen LogP contribution in [0.2, 0.25) is 5.02 Å². The molecule has 0 bridgehead atoms. The highest BCUT2D eigenvalue weighted by Gasteiger charge is 2.19. The van der Waals surface area contributed by atoms with Crippen LogP contribution in [-0.4, -0.2) is 7.11 Å². The normalized spacial score (nSPS) is 14.1. The Morgan fingerprint density at radius 1 is 1.44 bits per heavy atom. The molecule has 0 aliphatic heterocycles. The second kappa shape index (κ2) is 4.76. The number of rotatable bonds is 2. The first-order valence-electron chi connectivity index (χ1n) is 5.52. The van der Waals surface area contributed by atoms with Gasteiger partial charge in [0.25, 0.3) is 0 Å². The van der Waals surface area contributed by atoms with E-state index < -0.39 is 0 Å². The van der Waals surface area contributed by atoms with Gasteiger partial charge in [0.05, 0.1) is 24.6 Å². The zero-order chi connectivity index (χ0) is 11.5. The lowest BCUT2D eigenvalue weighted by Crippen LogP contribution is -2.06. The van der Waals surface area contributed by atoms with Gasteiger partial charge in [-0.2, -0.15) is 5.26 Å². The number of benzene rings is 1. The average molecular weight is 236 g/mol. The van der Waals surface area contributed by atoms with Gasteiger partial charge in [-0.15, -0.1) is 0 Å². The van der Waals surface area contributed by atoms with Gasteiger partial charge in [-0.25, -0.2) is 0 Å². The van der Waals surface area contributed by atoms with E-state index in [-0.39, 0.29) is 0 Å². The van der Waals surface area contributed by atoms with Crippen molar-refractivity contribution in [2.75, 3.05) is 7.11 Å². The molecule has 1 aliphatic rings. The predicted octanol–water partition coefficient (Wildman–Crippen LogP) is 3.29. The Labute approximate surface area is 101 Å². The summed E-state index contributed by atoms with van der Waals surface area (Å²) in [5.74, 6) is 0.684. The van der Waals surface area contributed by atoms with Gasteiger partial charge in [0, 0.05) is 5.56 Å². The van der Waals surface area contributed by atoms with Crippen molar-refractivity contribution in [1.82, 2.24) is 0 Å². The highest BCUT2D eigenvalue weighted by Crippen LogP contribution is 2.38. The first-order valence-corrected chi connectivity index (χ1v) is 5.89. The molecule has 0 heterocycles. The molecular weight excluding hydrogens is 222 g/mol. The summed E-state index contributed by atoms with van der Waals surface area (Å²) in [5.41, 5.74) is 3.42. The van der Waals surface area contributed by atoms with Crippen LogP contribution in [0.15, 0.2) is 6.07 Å². The van der Waals surface area contributed by atoms with Crippen molar-refractivity contribution in [2.45, 2.75) is 32.1 Å². The molecule has 16 heavy (non-hydrogen) atoms. The number of hydrogen-bond donors (Lipinski definition) is 0. The van der Waals surface area contributed by atoms with E-state index in [0.29, 0.717) is 17.2 Å². The fourth-order valence-corrected chi connectivity index (χ4v) is 2.74. The Morgan fingerprint density at radius 2 is 2.19 bits per heavy atom. The number of nitrogens with zero attached hydrogens (tertiary/aromatic N) is 1. The lowest BCUT2D eigenvalue weighted by Gasteiger charge is -2.20. The van der Waals surface area contributed by atoms with Gasteiger partial charge in [-0.3, -0.25) is 0 Å². The molecule has 3 heteroatoms. The van der Waals surface area contributed by atoms with Crippen molar-refractivity contribution in [3.05, 3.63) is 27.8 Å². The summed E-state index contributed by atoms with van der Waals surface area (Å²) in [4.78, 5) is 0. The van der Waals surface area contributed by atoms with Gasteiger partial charge in [-0.1, -0.05) is 17.7 Å². The van der Waals surface area contributed by atoms with Crippen LogP contribution in [0.4, 0.5) is 0 Å². The van der Waals surface area contributed by atoms with Crippen molar-refractivity contribution in [3.63, 3.8) is 0 Å². The Morgan fingerprint density at radius 3 is 2.88 bits per heavy atom. The summed E-state index contributed by atoms with van der Waals surface area (Å²) in [6.07, 6.45) is 4.85. The third-order valence-electron chi connectivity index (χ3n) is 3.09. The van der Waals surface area contributed by atoms with E-state index in [4.69, 9.17) is 21.6 Å². The lowest BCUT2D eigenvalue weighted by atomic mass is 9.89. The van der Waals surface area contributed by atoms with Crippen LogP contribution in [0.25, 0.3) is 0 Å². The quantitative estimate of drug-likeness (QED) is 0.788. The van der Waals surface area contributed by atoms with Gasteiger partial charge in [0.1, 0.15) is 5.75 Å². The van der Waals surface area contributed by atoms with Crippen molar-refractivity contribution in [1.29, 1.82) is 5.26 Å². The molecule has 0 spiro atoms. The molecule has 1 aliphatic carbocycles. The molecule has 0 aromatic heterocycles. The van der Waals surface area contributed by atoms with Crippen LogP contribution in [0.5, 0.6) is 5.75 Å². The van der Waals surface area contributed by atoms with E-state index in [9.17, 15) is 0 Å². The third kappa shape index (κ3) is 1.88. The number of aryl methyl sites for hydroxylation is 1. The van der Waals surface area contributed by atoms with E-state index in [0.717, 1.165) is 18.4 Å². The summed E-state index contributed by atoms with van der Waals surface area (Å²) in [6, 6.07) is 4.24. The lowest BCUT2D eigenvalue weighted by molar-refractivity contribution is 0.410. The Kier molecular flexibility index (Phi) is 3.36. The molecule has 0 amide bonds. The smallest absolute Gasteiger partial charge is 0.141 e. The minimum atomic E-state index is 0.357. The number of ether oxygens (including phenoxy) is 1. The molecule has 0 unspecified atom stereocenters. The first kappa shape index (κ1) is 11.3. The van der Waals surface area contributed by atoms with E-state index in [1.165, 1.54) is 24.0 Å². The third-order valence-corrected chi connectivity index (χ3v) is 3.49. The van der Waals surface area contributed by atoms with Crippen LogP contribution < -0.4 is 4.74 Å². The highest BCUT2D eigenvalue weighted by atomic mass is 35.5. The molecule has 0 saturated carbocycles. The molecule has 1 aromatic carbocycles. The topological polar surface area (TPSA) is 33.0 Å². The summed E-state index contributed by atoms with van der Waals surface area (Å²) in [6.45, 7) is 0. The number of methoxy groups -OCH3 is 1. The molecule has 0 radical (unpaired) electrons. The molecule has 1 aromatic rings. The van der Waals surface area contributed by atoms with Crippen molar-refractivity contribution >= 4 is 11.6 Å². The van der Waals surface area contributed by atoms with Crippen LogP contribution in [-0.2, 0) is 19.3 Å². The largest absolute Gasteiger partial charge is 0.495 e. The molecule has 0 saturated heterocycles. The maximum absolute atomic E-state index is 8.79. The van der Waals surface area contributed by atoms with Crippen molar-refractivity contribution in [2.24, 2.45) is 0 Å². The van der Waals surface area contributed by atoms with E-state index in [1.807, 2.05) is 0 Å². The van der Waals surface area contributed by atoms with Gasteiger partial charge >= 0.3 is 0 Å². The molecule has 0 N–H and O–H groups in total. The van der Waals surface area contributed by atoms with Crippen molar-refractivity contribution < 1.29 is 4.74 Å². The summed E-state index contributed by atoms with van der Waals surface area (Å²) in [5, 5.41) is 9.50. The fourth-order valence-electron chi connectivity index (χ4n) is 2.33. The zero-order valence-corrected chi connectivity index (χ0v) is 10.1. The SMILES string of the molecule is COc1c(CC#N)cc2c(c1Cl)CCCC2. The molecule has 84 valence electrons. The second-order valence-electron chi connectivity index (χ2n) is 4.06. The monoisotopic (exact) mass is 235 g/mol. The molecule has 2 rings (SSSR count). The number of halogens is 1. The average Bonchev–Trinajstić information content (AvgIpc) is 2.30. The van der Waals surface area contributed by atoms with Gasteiger partial charge in [0.2, 0.25) is 0 Å². The highest BCUT2D eigenvalue weighted by molar-refractivity contribution is 6.33. The maximum Gasteiger partial charge on any atom is 0.141 e. The van der Waals surface area contributed by atoms with Crippen LogP contribution in [0.3, 0.4) is 0 Å². The molecule has 2 nitrogen and oxygen atoms in total. The van der Waals surface area contributed by atoms with Crippen LogP contribution in [0, 0.1) is 11.3 Å². The van der Waals surface area contributed by atoms with Gasteiger partial charge in [-0.05, 0) is 36.8 Å². The Bertz CT molecular complexity index is 448. The molecule has 0 fully saturated rings. The van der Waals surface area contributed by atoms with Gasteiger partial charge < -0.3 is 4.74 Å². The van der Waals surface area contributed by atoms with Gasteiger partial charge in [0.15, 0.2) is 0 Å². The number of fused-ring (bicyclic) bond motifs is 1. The Balaban J connectivity index is 2.55. The van der Waals surface area contributed by atoms with Crippen molar-refractivity contribution in [3.8, 4) is 11.8 Å². The van der Waals surface area contributed by atoms with E-state index in [2.05, 4.69) is 12.1 Å². The second-order valence-corrected chi connectivity index (χ2v) is 4.44. The van der Waals surface area contributed by atoms with Crippen LogP contribution >= 0.6 is 11.6 Å². The summed E-state index contributed by atoms with van der Waals surface area (Å²) >= 11 is 6.33. The zero-order valence-electron chi connectivity index (χ0n) is 9.35. The molecule has 0 atom stereocenters. The summed E-state index contributed by atoms with van der Waals surface area (Å²) in [7, 11) is 1.61. The minimum absolute atomic E-state index is 0.357. The number of nitriles is 1. The van der Waals surface area contributed by atoms with Crippen LogP contribution in [0.1, 0.15) is 29.5 Å². The predicted molar refractivity (Wildman–Crippen MR) is 64.0 cm³/mol. The standard InChI is InChI=1S/C13H14ClNO/c1-16-13-10(6-7-15)8-9-4-2-3-5-11(9)12(13)14/h8H,2-6H2,1H3. The van der Waals surface area contributed by atoms with E-state index >= 15 is 0 Å². The Hall–Kier alpha value is -1.20. The first-order chi connectivity index (χ1) is 7.77. The fraction of sp³-hybridized carbons (Fsp3) is 0.462. The molecular formula is C13H14ClNO. The van der Waals surface area contributed by atoms with E-state index in [1.54, 1.807) is 7.11 Å². The maximum atomic E-state index is 8.79.